The molecule has 4 heterocycles. The summed E-state index contributed by atoms with van der Waals surface area (Å²) in [6, 6.07) is 15.7. The Morgan fingerprint density at radius 2 is 1.82 bits per heavy atom. The lowest BCUT2D eigenvalue weighted by Gasteiger charge is -2.35. The standard InChI is InChI=1S/C27H30F2N6O2S/c1-19-6-7-20(17-33-11-13-34(14-12-33)25-5-3-4-10-30-25)15-22(19)23-8-9-24-26(31-23)32(2)38(36,37)35(24)18-21-16-27(21,28)29/h3-10,15,21H,11-14,16-18H2,1-2H3. The molecule has 3 aromatic rings. The Hall–Kier alpha value is -3.31. The van der Waals surface area contributed by atoms with E-state index in [2.05, 4.69) is 33.0 Å². The number of rotatable bonds is 6. The number of pyridine rings is 2. The van der Waals surface area contributed by atoms with Gasteiger partial charge in [0.25, 0.3) is 5.92 Å². The summed E-state index contributed by atoms with van der Waals surface area (Å²) in [5.74, 6) is -2.49. The normalized spacial score (nSPS) is 22.0. The molecule has 1 aromatic carbocycles. The molecular formula is C27H30F2N6O2S. The molecule has 0 N–H and O–H groups in total. The number of alkyl halides is 2. The summed E-state index contributed by atoms with van der Waals surface area (Å²) in [7, 11) is -2.51. The van der Waals surface area contributed by atoms with Gasteiger partial charge in [-0.2, -0.15) is 8.42 Å². The molecule has 2 aromatic heterocycles. The van der Waals surface area contributed by atoms with E-state index in [-0.39, 0.29) is 18.8 Å². The smallest absolute Gasteiger partial charge is 0.327 e. The number of hydrogen-bond acceptors (Lipinski definition) is 6. The SMILES string of the molecule is Cc1ccc(CN2CCN(c3ccccn3)CC2)cc1-c1ccc2c(n1)N(C)S(=O)(=O)N2CC1CC1(F)F. The first-order chi connectivity index (χ1) is 18.1. The third kappa shape index (κ3) is 4.47. The molecule has 1 atom stereocenters. The van der Waals surface area contributed by atoms with Crippen LogP contribution in [0.4, 0.5) is 26.1 Å². The van der Waals surface area contributed by atoms with E-state index < -0.39 is 22.0 Å². The monoisotopic (exact) mass is 540 g/mol. The maximum absolute atomic E-state index is 13.5. The summed E-state index contributed by atoms with van der Waals surface area (Å²) in [6.07, 6.45) is 1.53. The molecule has 8 nitrogen and oxygen atoms in total. The summed E-state index contributed by atoms with van der Waals surface area (Å²) in [6.45, 7) is 6.23. The summed E-state index contributed by atoms with van der Waals surface area (Å²) in [5.41, 5.74) is 4.11. The second-order valence-electron chi connectivity index (χ2n) is 10.3. The molecule has 0 amide bonds. The predicted octanol–water partition coefficient (Wildman–Crippen LogP) is 3.93. The maximum atomic E-state index is 13.5. The van der Waals surface area contributed by atoms with Crippen LogP contribution in [0.5, 0.6) is 0 Å². The summed E-state index contributed by atoms with van der Waals surface area (Å²) < 4.78 is 55.2. The molecule has 2 fully saturated rings. The van der Waals surface area contributed by atoms with Gasteiger partial charge in [0.2, 0.25) is 0 Å². The van der Waals surface area contributed by atoms with Gasteiger partial charge in [0, 0.05) is 70.4 Å². The second-order valence-corrected chi connectivity index (χ2v) is 12.2. The van der Waals surface area contributed by atoms with E-state index in [9.17, 15) is 17.2 Å². The van der Waals surface area contributed by atoms with Crippen molar-refractivity contribution < 1.29 is 17.2 Å². The van der Waals surface area contributed by atoms with E-state index in [0.717, 1.165) is 63.8 Å². The zero-order valence-electron chi connectivity index (χ0n) is 21.4. The third-order valence-corrected chi connectivity index (χ3v) is 9.49. The fourth-order valence-corrected chi connectivity index (χ4v) is 6.64. The molecule has 0 radical (unpaired) electrons. The van der Waals surface area contributed by atoms with E-state index in [1.807, 2.05) is 31.3 Å². The van der Waals surface area contributed by atoms with Crippen LogP contribution in [0.15, 0.2) is 54.7 Å². The molecule has 1 unspecified atom stereocenters. The van der Waals surface area contributed by atoms with Gasteiger partial charge in [0.15, 0.2) is 5.82 Å². The quantitative estimate of drug-likeness (QED) is 0.472. The Labute approximate surface area is 221 Å². The summed E-state index contributed by atoms with van der Waals surface area (Å²) >= 11 is 0. The number of halogens is 2. The Morgan fingerprint density at radius 3 is 2.50 bits per heavy atom. The van der Waals surface area contributed by atoms with Crippen LogP contribution in [0.3, 0.4) is 0 Å². The predicted molar refractivity (Wildman–Crippen MR) is 144 cm³/mol. The van der Waals surface area contributed by atoms with Gasteiger partial charge in [-0.25, -0.2) is 27.4 Å². The van der Waals surface area contributed by atoms with E-state index in [1.54, 1.807) is 12.1 Å². The van der Waals surface area contributed by atoms with Crippen LogP contribution in [0, 0.1) is 12.8 Å². The highest BCUT2D eigenvalue weighted by molar-refractivity contribution is 7.94. The fourth-order valence-electron chi connectivity index (χ4n) is 5.24. The fraction of sp³-hybridized carbons (Fsp3) is 0.407. The van der Waals surface area contributed by atoms with Gasteiger partial charge in [-0.3, -0.25) is 4.90 Å². The molecule has 2 aliphatic heterocycles. The van der Waals surface area contributed by atoms with Crippen LogP contribution in [-0.2, 0) is 16.8 Å². The largest absolute Gasteiger partial charge is 0.354 e. The molecule has 1 saturated carbocycles. The van der Waals surface area contributed by atoms with Crippen molar-refractivity contribution in [2.75, 3.05) is 53.3 Å². The zero-order valence-corrected chi connectivity index (χ0v) is 22.2. The van der Waals surface area contributed by atoms with Gasteiger partial charge >= 0.3 is 10.2 Å². The maximum Gasteiger partial charge on any atom is 0.327 e. The molecule has 200 valence electrons. The number of anilines is 3. The minimum Gasteiger partial charge on any atom is -0.354 e. The number of aryl methyl sites for hydroxylation is 1. The molecule has 38 heavy (non-hydrogen) atoms. The number of aromatic nitrogens is 2. The Balaban J connectivity index is 1.20. The molecule has 1 aliphatic carbocycles. The minimum absolute atomic E-state index is 0.240. The molecular weight excluding hydrogens is 510 g/mol. The van der Waals surface area contributed by atoms with Gasteiger partial charge < -0.3 is 4.90 Å². The lowest BCUT2D eigenvalue weighted by molar-refractivity contribution is 0.101. The van der Waals surface area contributed by atoms with Crippen LogP contribution in [0.25, 0.3) is 11.3 Å². The summed E-state index contributed by atoms with van der Waals surface area (Å²) in [4.78, 5) is 13.9. The highest BCUT2D eigenvalue weighted by atomic mass is 32.2. The van der Waals surface area contributed by atoms with Crippen molar-refractivity contribution >= 4 is 27.5 Å². The Morgan fingerprint density at radius 1 is 1.05 bits per heavy atom. The van der Waals surface area contributed by atoms with Gasteiger partial charge in [0.1, 0.15) is 5.82 Å². The highest BCUT2D eigenvalue weighted by Crippen LogP contribution is 2.51. The van der Waals surface area contributed by atoms with Gasteiger partial charge in [-0.15, -0.1) is 0 Å². The number of nitrogens with zero attached hydrogens (tertiary/aromatic N) is 6. The average Bonchev–Trinajstić information content (AvgIpc) is 3.48. The first kappa shape index (κ1) is 25.0. The van der Waals surface area contributed by atoms with Crippen LogP contribution in [-0.4, -0.2) is 69.0 Å². The van der Waals surface area contributed by atoms with Crippen molar-refractivity contribution in [2.24, 2.45) is 5.92 Å². The highest BCUT2D eigenvalue weighted by Gasteiger charge is 2.59. The molecule has 0 spiro atoms. The first-order valence-electron chi connectivity index (χ1n) is 12.8. The van der Waals surface area contributed by atoms with Crippen molar-refractivity contribution in [3.63, 3.8) is 0 Å². The van der Waals surface area contributed by atoms with Crippen molar-refractivity contribution in [2.45, 2.75) is 25.8 Å². The molecule has 3 aliphatic rings. The van der Waals surface area contributed by atoms with Crippen molar-refractivity contribution in [3.8, 4) is 11.3 Å². The topological polar surface area (TPSA) is 72.9 Å². The Bertz CT molecular complexity index is 1460. The van der Waals surface area contributed by atoms with Crippen LogP contribution < -0.4 is 13.5 Å². The average molecular weight is 541 g/mol. The molecule has 1 saturated heterocycles. The third-order valence-electron chi connectivity index (χ3n) is 7.72. The van der Waals surface area contributed by atoms with Gasteiger partial charge in [-0.1, -0.05) is 18.2 Å². The van der Waals surface area contributed by atoms with Crippen LogP contribution >= 0.6 is 0 Å². The zero-order chi connectivity index (χ0) is 26.7. The molecule has 0 bridgehead atoms. The number of piperazine rings is 1. The van der Waals surface area contributed by atoms with Crippen molar-refractivity contribution in [1.29, 1.82) is 0 Å². The van der Waals surface area contributed by atoms with E-state index in [1.165, 1.54) is 7.05 Å². The molecule has 6 rings (SSSR count). The minimum atomic E-state index is -3.94. The lowest BCUT2D eigenvalue weighted by Crippen LogP contribution is -2.46. The number of fused-ring (bicyclic) bond motifs is 1. The van der Waals surface area contributed by atoms with Gasteiger partial charge in [0.05, 0.1) is 11.4 Å². The van der Waals surface area contributed by atoms with Crippen LogP contribution in [0.2, 0.25) is 0 Å². The van der Waals surface area contributed by atoms with E-state index in [0.29, 0.717) is 11.4 Å². The second kappa shape index (κ2) is 9.16. The van der Waals surface area contributed by atoms with E-state index >= 15 is 0 Å². The van der Waals surface area contributed by atoms with Gasteiger partial charge in [-0.05, 0) is 48.4 Å². The van der Waals surface area contributed by atoms with Crippen molar-refractivity contribution in [1.82, 2.24) is 14.9 Å². The summed E-state index contributed by atoms with van der Waals surface area (Å²) in [5, 5.41) is 0. The lowest BCUT2D eigenvalue weighted by atomic mass is 10.0. The van der Waals surface area contributed by atoms with Crippen LogP contribution in [0.1, 0.15) is 17.5 Å². The van der Waals surface area contributed by atoms with E-state index in [4.69, 9.17) is 4.98 Å². The number of benzene rings is 1. The first-order valence-corrected chi connectivity index (χ1v) is 14.2. The van der Waals surface area contributed by atoms with Crippen molar-refractivity contribution in [3.05, 3.63) is 65.9 Å². The molecule has 11 heteroatoms. The Kier molecular flexibility index (Phi) is 6.03. The number of hydrogen-bond donors (Lipinski definition) is 0.